The number of hydrogen-bond acceptors (Lipinski definition) is 1. The predicted molar refractivity (Wildman–Crippen MR) is 60.9 cm³/mol. The SMILES string of the molecule is C=C/C=C1/CCNC/C1=C/C.CC. The number of allylic oxidation sites excluding steroid dienone is 3. The van der Waals surface area contributed by atoms with E-state index in [9.17, 15) is 0 Å². The molecule has 0 aromatic heterocycles. The lowest BCUT2D eigenvalue weighted by molar-refractivity contribution is 0.682. The second-order valence-electron chi connectivity index (χ2n) is 2.67. The summed E-state index contributed by atoms with van der Waals surface area (Å²) in [5.74, 6) is 0. The van der Waals surface area contributed by atoms with Crippen LogP contribution in [-0.4, -0.2) is 13.1 Å². The van der Waals surface area contributed by atoms with E-state index >= 15 is 0 Å². The van der Waals surface area contributed by atoms with Gasteiger partial charge in [-0.15, -0.1) is 0 Å². The molecule has 0 unspecified atom stereocenters. The molecule has 1 saturated heterocycles. The minimum atomic E-state index is 1.01. The van der Waals surface area contributed by atoms with Crippen LogP contribution in [0, 0.1) is 0 Å². The fourth-order valence-corrected chi connectivity index (χ4v) is 1.34. The number of piperidine rings is 1. The Bertz CT molecular complexity index is 199. The van der Waals surface area contributed by atoms with Gasteiger partial charge in [0, 0.05) is 6.54 Å². The van der Waals surface area contributed by atoms with Gasteiger partial charge in [0.25, 0.3) is 0 Å². The number of rotatable bonds is 1. The fraction of sp³-hybridized carbons (Fsp3) is 0.500. The van der Waals surface area contributed by atoms with Crippen molar-refractivity contribution >= 4 is 0 Å². The quantitative estimate of drug-likeness (QED) is 0.652. The molecular weight excluding hydrogens is 158 g/mol. The van der Waals surface area contributed by atoms with E-state index in [0.29, 0.717) is 0 Å². The first-order valence-electron chi connectivity index (χ1n) is 5.06. The summed E-state index contributed by atoms with van der Waals surface area (Å²) in [6.45, 7) is 11.9. The molecular formula is C12H21N. The maximum Gasteiger partial charge on any atom is 0.0205 e. The molecule has 1 nitrogen and oxygen atoms in total. The van der Waals surface area contributed by atoms with E-state index in [-0.39, 0.29) is 0 Å². The van der Waals surface area contributed by atoms with E-state index in [0.717, 1.165) is 19.5 Å². The van der Waals surface area contributed by atoms with Gasteiger partial charge in [-0.25, -0.2) is 0 Å². The molecule has 1 rings (SSSR count). The summed E-state index contributed by atoms with van der Waals surface area (Å²) in [5.41, 5.74) is 2.84. The summed E-state index contributed by atoms with van der Waals surface area (Å²) in [6.07, 6.45) is 7.27. The lowest BCUT2D eigenvalue weighted by Crippen LogP contribution is -2.25. The third-order valence-electron chi connectivity index (χ3n) is 1.97. The molecule has 1 aliphatic heterocycles. The molecule has 1 N–H and O–H groups in total. The second kappa shape index (κ2) is 7.81. The molecule has 1 heteroatoms. The summed E-state index contributed by atoms with van der Waals surface area (Å²) in [7, 11) is 0. The first-order valence-corrected chi connectivity index (χ1v) is 5.06. The molecule has 1 aliphatic rings. The molecule has 0 bridgehead atoms. The second-order valence-corrected chi connectivity index (χ2v) is 2.67. The van der Waals surface area contributed by atoms with Crippen LogP contribution in [0.5, 0.6) is 0 Å². The van der Waals surface area contributed by atoms with Crippen molar-refractivity contribution in [3.05, 3.63) is 36.0 Å². The number of hydrogen-bond donors (Lipinski definition) is 1. The molecule has 1 fully saturated rings. The molecule has 0 spiro atoms. The normalized spacial score (nSPS) is 22.4. The minimum absolute atomic E-state index is 1.01. The Morgan fingerprint density at radius 3 is 2.54 bits per heavy atom. The molecule has 0 atom stereocenters. The van der Waals surface area contributed by atoms with Crippen molar-refractivity contribution in [2.24, 2.45) is 0 Å². The average molecular weight is 179 g/mol. The highest BCUT2D eigenvalue weighted by Gasteiger charge is 2.07. The smallest absolute Gasteiger partial charge is 0.0205 e. The zero-order valence-corrected chi connectivity index (χ0v) is 9.06. The minimum Gasteiger partial charge on any atom is -0.312 e. The summed E-state index contributed by atoms with van der Waals surface area (Å²) in [5, 5.41) is 3.33. The zero-order valence-electron chi connectivity index (χ0n) is 9.06. The van der Waals surface area contributed by atoms with Crippen LogP contribution >= 0.6 is 0 Å². The van der Waals surface area contributed by atoms with E-state index < -0.39 is 0 Å². The van der Waals surface area contributed by atoms with Crippen LogP contribution in [0.4, 0.5) is 0 Å². The molecule has 0 aromatic rings. The van der Waals surface area contributed by atoms with Gasteiger partial charge in [0.15, 0.2) is 0 Å². The van der Waals surface area contributed by atoms with Crippen molar-refractivity contribution in [2.45, 2.75) is 27.2 Å². The largest absolute Gasteiger partial charge is 0.312 e. The lowest BCUT2D eigenvalue weighted by Gasteiger charge is -2.18. The van der Waals surface area contributed by atoms with Gasteiger partial charge in [-0.1, -0.05) is 38.7 Å². The number of nitrogens with one attached hydrogen (secondary N) is 1. The van der Waals surface area contributed by atoms with Gasteiger partial charge in [-0.3, -0.25) is 0 Å². The Labute approximate surface area is 82.2 Å². The Hall–Kier alpha value is -0.820. The summed E-state index contributed by atoms with van der Waals surface area (Å²) < 4.78 is 0. The highest BCUT2D eigenvalue weighted by Crippen LogP contribution is 2.16. The monoisotopic (exact) mass is 179 g/mol. The summed E-state index contributed by atoms with van der Waals surface area (Å²) in [4.78, 5) is 0. The van der Waals surface area contributed by atoms with E-state index in [1.165, 1.54) is 11.1 Å². The van der Waals surface area contributed by atoms with E-state index in [1.807, 2.05) is 19.9 Å². The predicted octanol–water partition coefficient (Wildman–Crippen LogP) is 3.06. The van der Waals surface area contributed by atoms with E-state index in [1.54, 1.807) is 0 Å². The van der Waals surface area contributed by atoms with Crippen molar-refractivity contribution in [3.8, 4) is 0 Å². The third-order valence-corrected chi connectivity index (χ3v) is 1.97. The van der Waals surface area contributed by atoms with Crippen molar-refractivity contribution in [1.29, 1.82) is 0 Å². The zero-order chi connectivity index (χ0) is 10.1. The fourth-order valence-electron chi connectivity index (χ4n) is 1.34. The Morgan fingerprint density at radius 1 is 1.31 bits per heavy atom. The van der Waals surface area contributed by atoms with Gasteiger partial charge in [0.2, 0.25) is 0 Å². The third kappa shape index (κ3) is 4.09. The molecule has 74 valence electrons. The first-order chi connectivity index (χ1) is 6.38. The summed E-state index contributed by atoms with van der Waals surface area (Å²) >= 11 is 0. The van der Waals surface area contributed by atoms with Gasteiger partial charge < -0.3 is 5.32 Å². The Kier molecular flexibility index (Phi) is 7.32. The maximum absolute atomic E-state index is 3.70. The van der Waals surface area contributed by atoms with Crippen molar-refractivity contribution in [2.75, 3.05) is 13.1 Å². The van der Waals surface area contributed by atoms with E-state index in [4.69, 9.17) is 0 Å². The van der Waals surface area contributed by atoms with Crippen molar-refractivity contribution < 1.29 is 0 Å². The summed E-state index contributed by atoms with van der Waals surface area (Å²) in [6, 6.07) is 0. The molecule has 13 heavy (non-hydrogen) atoms. The highest BCUT2D eigenvalue weighted by atomic mass is 14.9. The van der Waals surface area contributed by atoms with Crippen molar-refractivity contribution in [3.63, 3.8) is 0 Å². The Balaban J connectivity index is 0.000000671. The van der Waals surface area contributed by atoms with Gasteiger partial charge in [-0.05, 0) is 31.0 Å². The molecule has 1 heterocycles. The molecule has 0 amide bonds. The standard InChI is InChI=1S/C10H15N.C2H6/c1-3-5-10-6-7-11-8-9(10)4-2;1-2/h3-5,11H,1,6-8H2,2H3;1-2H3/b9-4-,10-5-;. The van der Waals surface area contributed by atoms with Gasteiger partial charge in [-0.2, -0.15) is 0 Å². The van der Waals surface area contributed by atoms with E-state index in [2.05, 4.69) is 31.0 Å². The van der Waals surface area contributed by atoms with Crippen LogP contribution < -0.4 is 5.32 Å². The van der Waals surface area contributed by atoms with Crippen LogP contribution in [0.1, 0.15) is 27.2 Å². The van der Waals surface area contributed by atoms with Crippen LogP contribution in [0.3, 0.4) is 0 Å². The Morgan fingerprint density at radius 2 is 2.00 bits per heavy atom. The first kappa shape index (κ1) is 12.2. The average Bonchev–Trinajstić information content (AvgIpc) is 2.22. The van der Waals surface area contributed by atoms with Gasteiger partial charge >= 0.3 is 0 Å². The van der Waals surface area contributed by atoms with Crippen LogP contribution in [-0.2, 0) is 0 Å². The van der Waals surface area contributed by atoms with Crippen LogP contribution in [0.25, 0.3) is 0 Å². The van der Waals surface area contributed by atoms with Crippen LogP contribution in [0.15, 0.2) is 36.0 Å². The molecule has 0 aliphatic carbocycles. The molecule has 0 aromatic carbocycles. The van der Waals surface area contributed by atoms with Gasteiger partial charge in [0.1, 0.15) is 0 Å². The topological polar surface area (TPSA) is 12.0 Å². The molecule has 0 radical (unpaired) electrons. The van der Waals surface area contributed by atoms with Crippen LogP contribution in [0.2, 0.25) is 0 Å². The lowest BCUT2D eigenvalue weighted by atomic mass is 9.99. The van der Waals surface area contributed by atoms with Crippen molar-refractivity contribution in [1.82, 2.24) is 5.32 Å². The van der Waals surface area contributed by atoms with Gasteiger partial charge in [0.05, 0.1) is 0 Å². The highest BCUT2D eigenvalue weighted by molar-refractivity contribution is 5.35. The molecule has 0 saturated carbocycles. The maximum atomic E-state index is 3.70.